The number of hydrogen-bond acceptors (Lipinski definition) is 4. The van der Waals surface area contributed by atoms with Crippen LogP contribution in [0.4, 0.5) is 5.69 Å². The maximum Gasteiger partial charge on any atom is 0.225 e. The highest BCUT2D eigenvalue weighted by molar-refractivity contribution is 7.92. The largest absolute Gasteiger partial charge is 0.325 e. The second kappa shape index (κ2) is 7.23. The minimum atomic E-state index is -3.29. The first kappa shape index (κ1) is 17.2. The summed E-state index contributed by atoms with van der Waals surface area (Å²) in [6.45, 7) is 5.33. The van der Waals surface area contributed by atoms with E-state index in [1.165, 1.54) is 0 Å². The van der Waals surface area contributed by atoms with E-state index >= 15 is 0 Å². The van der Waals surface area contributed by atoms with Gasteiger partial charge in [-0.2, -0.15) is 5.26 Å². The molecule has 0 spiro atoms. The number of carbonyl (C=O) groups is 1. The van der Waals surface area contributed by atoms with Crippen LogP contribution in [0.25, 0.3) is 0 Å². The standard InChI is InChI=1S/C15H20N2O3S/c1-11(2)12(3)21(19,20)9-8-15(18)17-14-7-5-4-6-13(14)10-16/h4-7,11-12H,8-9H2,1-3H3,(H,17,18). The number of sulfone groups is 1. The number of nitrogens with one attached hydrogen (secondary N) is 1. The van der Waals surface area contributed by atoms with Gasteiger partial charge in [-0.3, -0.25) is 4.79 Å². The lowest BCUT2D eigenvalue weighted by Crippen LogP contribution is -2.28. The van der Waals surface area contributed by atoms with Gasteiger partial charge >= 0.3 is 0 Å². The Hall–Kier alpha value is -1.87. The van der Waals surface area contributed by atoms with Gasteiger partial charge in [0.2, 0.25) is 5.91 Å². The van der Waals surface area contributed by atoms with Crippen molar-refractivity contribution in [2.75, 3.05) is 11.1 Å². The van der Waals surface area contributed by atoms with Crippen molar-refractivity contribution in [3.05, 3.63) is 29.8 Å². The first-order valence-corrected chi connectivity index (χ1v) is 8.50. The van der Waals surface area contributed by atoms with Crippen molar-refractivity contribution in [2.45, 2.75) is 32.4 Å². The Bertz CT molecular complexity index is 645. The molecular weight excluding hydrogens is 288 g/mol. The summed E-state index contributed by atoms with van der Waals surface area (Å²) in [7, 11) is -3.29. The molecule has 0 radical (unpaired) electrons. The maximum absolute atomic E-state index is 12.0. The first-order chi connectivity index (χ1) is 9.77. The predicted octanol–water partition coefficient (Wildman–Crippen LogP) is 2.35. The highest BCUT2D eigenvalue weighted by Crippen LogP contribution is 2.16. The third kappa shape index (κ3) is 4.87. The number of nitriles is 1. The first-order valence-electron chi connectivity index (χ1n) is 6.78. The van der Waals surface area contributed by atoms with Crippen molar-refractivity contribution in [1.82, 2.24) is 0 Å². The highest BCUT2D eigenvalue weighted by atomic mass is 32.2. The van der Waals surface area contributed by atoms with E-state index in [2.05, 4.69) is 5.32 Å². The van der Waals surface area contributed by atoms with Gasteiger partial charge < -0.3 is 5.32 Å². The molecule has 5 nitrogen and oxygen atoms in total. The molecule has 1 amide bonds. The second-order valence-corrected chi connectivity index (χ2v) is 7.75. The van der Waals surface area contributed by atoms with Gasteiger partial charge in [0.1, 0.15) is 6.07 Å². The van der Waals surface area contributed by atoms with E-state index in [-0.39, 0.29) is 18.1 Å². The predicted molar refractivity (Wildman–Crippen MR) is 82.5 cm³/mol. The molecule has 0 saturated heterocycles. The molecule has 6 heteroatoms. The van der Waals surface area contributed by atoms with Gasteiger partial charge in [-0.05, 0) is 25.0 Å². The number of hydrogen-bond donors (Lipinski definition) is 1. The Morgan fingerprint density at radius 2 is 1.90 bits per heavy atom. The van der Waals surface area contributed by atoms with Crippen molar-refractivity contribution >= 4 is 21.4 Å². The lowest BCUT2D eigenvalue weighted by molar-refractivity contribution is -0.115. The third-order valence-electron chi connectivity index (χ3n) is 3.44. The average Bonchev–Trinajstić information content (AvgIpc) is 2.45. The summed E-state index contributed by atoms with van der Waals surface area (Å²) in [4.78, 5) is 11.8. The minimum absolute atomic E-state index is 0.0115. The lowest BCUT2D eigenvalue weighted by atomic mass is 10.2. The van der Waals surface area contributed by atoms with Crippen LogP contribution in [0.5, 0.6) is 0 Å². The molecule has 0 bridgehead atoms. The number of amides is 1. The second-order valence-electron chi connectivity index (χ2n) is 5.27. The molecule has 0 fully saturated rings. The van der Waals surface area contributed by atoms with Crippen molar-refractivity contribution in [2.24, 2.45) is 5.92 Å². The zero-order chi connectivity index (χ0) is 16.0. The van der Waals surface area contributed by atoms with Crippen LogP contribution in [0.1, 0.15) is 32.8 Å². The molecule has 21 heavy (non-hydrogen) atoms. The molecule has 0 saturated carbocycles. The van der Waals surface area contributed by atoms with E-state index in [1.54, 1.807) is 31.2 Å². The number of para-hydroxylation sites is 1. The molecule has 114 valence electrons. The van der Waals surface area contributed by atoms with Gasteiger partial charge in [-0.25, -0.2) is 8.42 Å². The molecule has 1 unspecified atom stereocenters. The summed E-state index contributed by atoms with van der Waals surface area (Å²) in [6.07, 6.45) is -0.112. The minimum Gasteiger partial charge on any atom is -0.325 e. The van der Waals surface area contributed by atoms with Crippen molar-refractivity contribution < 1.29 is 13.2 Å². The number of anilines is 1. The van der Waals surface area contributed by atoms with Crippen LogP contribution in [-0.2, 0) is 14.6 Å². The molecule has 1 rings (SSSR count). The van der Waals surface area contributed by atoms with Gasteiger partial charge in [-0.15, -0.1) is 0 Å². The van der Waals surface area contributed by atoms with Crippen LogP contribution < -0.4 is 5.32 Å². The molecule has 0 aliphatic rings. The Morgan fingerprint density at radius 1 is 1.29 bits per heavy atom. The smallest absolute Gasteiger partial charge is 0.225 e. The van der Waals surface area contributed by atoms with Gasteiger partial charge in [0.25, 0.3) is 0 Å². The Kier molecular flexibility index (Phi) is 5.91. The third-order valence-corrected chi connectivity index (χ3v) is 5.89. The Labute approximate surface area is 125 Å². The molecule has 0 heterocycles. The Balaban J connectivity index is 2.66. The molecule has 1 aromatic rings. The van der Waals surface area contributed by atoms with E-state index in [0.29, 0.717) is 11.3 Å². The lowest BCUT2D eigenvalue weighted by Gasteiger charge is -2.16. The molecule has 1 aromatic carbocycles. The highest BCUT2D eigenvalue weighted by Gasteiger charge is 2.24. The van der Waals surface area contributed by atoms with Crippen LogP contribution in [-0.4, -0.2) is 25.3 Å². The van der Waals surface area contributed by atoms with Crippen molar-refractivity contribution in [3.8, 4) is 6.07 Å². The van der Waals surface area contributed by atoms with Crippen LogP contribution in [0.15, 0.2) is 24.3 Å². The number of rotatable bonds is 6. The summed E-state index contributed by atoms with van der Waals surface area (Å²) < 4.78 is 24.0. The molecule has 0 aliphatic heterocycles. The van der Waals surface area contributed by atoms with Gasteiger partial charge in [0, 0.05) is 6.42 Å². The van der Waals surface area contributed by atoms with Gasteiger partial charge in [0.05, 0.1) is 22.3 Å². The fourth-order valence-corrected chi connectivity index (χ4v) is 3.41. The maximum atomic E-state index is 12.0. The van der Waals surface area contributed by atoms with Crippen LogP contribution in [0.3, 0.4) is 0 Å². The number of carbonyl (C=O) groups excluding carboxylic acids is 1. The van der Waals surface area contributed by atoms with E-state index in [9.17, 15) is 13.2 Å². The van der Waals surface area contributed by atoms with E-state index in [4.69, 9.17) is 5.26 Å². The van der Waals surface area contributed by atoms with Crippen LogP contribution >= 0.6 is 0 Å². The fourth-order valence-electron chi connectivity index (χ4n) is 1.74. The zero-order valence-electron chi connectivity index (χ0n) is 12.5. The van der Waals surface area contributed by atoms with Crippen molar-refractivity contribution in [1.29, 1.82) is 5.26 Å². The van der Waals surface area contributed by atoms with Gasteiger partial charge in [0.15, 0.2) is 9.84 Å². The summed E-state index contributed by atoms with van der Waals surface area (Å²) in [5.41, 5.74) is 0.753. The quantitative estimate of drug-likeness (QED) is 0.874. The summed E-state index contributed by atoms with van der Waals surface area (Å²) in [6, 6.07) is 8.58. The monoisotopic (exact) mass is 308 g/mol. The molecule has 0 aliphatic carbocycles. The molecule has 1 N–H and O–H groups in total. The summed E-state index contributed by atoms with van der Waals surface area (Å²) in [5, 5.41) is 11.0. The topological polar surface area (TPSA) is 87.0 Å². The van der Waals surface area contributed by atoms with Crippen LogP contribution in [0.2, 0.25) is 0 Å². The summed E-state index contributed by atoms with van der Waals surface area (Å²) in [5.74, 6) is -0.581. The molecular formula is C15H20N2O3S. The Morgan fingerprint density at radius 3 is 2.48 bits per heavy atom. The summed E-state index contributed by atoms with van der Waals surface area (Å²) >= 11 is 0. The normalized spacial score (nSPS) is 12.7. The van der Waals surface area contributed by atoms with E-state index in [1.807, 2.05) is 19.9 Å². The SMILES string of the molecule is CC(C)C(C)S(=O)(=O)CCC(=O)Nc1ccccc1C#N. The number of benzene rings is 1. The molecule has 1 atom stereocenters. The van der Waals surface area contributed by atoms with E-state index in [0.717, 1.165) is 0 Å². The van der Waals surface area contributed by atoms with Gasteiger partial charge in [-0.1, -0.05) is 26.0 Å². The average molecular weight is 308 g/mol. The van der Waals surface area contributed by atoms with Crippen LogP contribution in [0, 0.1) is 17.2 Å². The van der Waals surface area contributed by atoms with E-state index < -0.39 is 21.0 Å². The zero-order valence-corrected chi connectivity index (χ0v) is 13.3. The fraction of sp³-hybridized carbons (Fsp3) is 0.467. The number of nitrogens with zero attached hydrogens (tertiary/aromatic N) is 1. The van der Waals surface area contributed by atoms with Crippen molar-refractivity contribution in [3.63, 3.8) is 0 Å². The molecule has 0 aromatic heterocycles.